The number of anilines is 1. The summed E-state index contributed by atoms with van der Waals surface area (Å²) in [5, 5.41) is 15.3. The van der Waals surface area contributed by atoms with Crippen molar-refractivity contribution in [2.75, 3.05) is 18.4 Å². The van der Waals surface area contributed by atoms with Crippen LogP contribution in [0, 0.1) is 0 Å². The Morgan fingerprint density at radius 1 is 1.03 bits per heavy atom. The lowest BCUT2D eigenvalue weighted by atomic mass is 10.1. The van der Waals surface area contributed by atoms with Crippen LogP contribution in [0.15, 0.2) is 42.9 Å². The van der Waals surface area contributed by atoms with Crippen molar-refractivity contribution in [3.8, 4) is 28.5 Å². The van der Waals surface area contributed by atoms with Gasteiger partial charge in [0, 0.05) is 29.7 Å². The normalized spacial score (nSPS) is 18.6. The molecule has 6 rings (SSSR count). The Morgan fingerprint density at radius 3 is 2.88 bits per heavy atom. The summed E-state index contributed by atoms with van der Waals surface area (Å²) in [7, 11) is 0. The zero-order valence-corrected chi connectivity index (χ0v) is 17.6. The third kappa shape index (κ3) is 3.99. The minimum Gasteiger partial charge on any atom is -0.472 e. The molecule has 2 fully saturated rings. The number of ether oxygens (including phenoxy) is 1. The molecule has 1 atom stereocenters. The van der Waals surface area contributed by atoms with E-state index in [-0.39, 0.29) is 6.10 Å². The van der Waals surface area contributed by atoms with Gasteiger partial charge in [0.15, 0.2) is 0 Å². The van der Waals surface area contributed by atoms with E-state index in [1.54, 1.807) is 18.6 Å². The molecule has 1 saturated carbocycles. The molecule has 9 heteroatoms. The van der Waals surface area contributed by atoms with Crippen molar-refractivity contribution < 1.29 is 4.74 Å². The first-order valence-corrected chi connectivity index (χ1v) is 11.1. The van der Waals surface area contributed by atoms with Crippen LogP contribution >= 0.6 is 0 Å². The lowest BCUT2D eigenvalue weighted by Gasteiger charge is -2.23. The van der Waals surface area contributed by atoms with Gasteiger partial charge < -0.3 is 15.4 Å². The number of nitrogens with zero attached hydrogens (tertiary/aromatic N) is 5. The Balaban J connectivity index is 1.31. The van der Waals surface area contributed by atoms with Crippen molar-refractivity contribution in [3.63, 3.8) is 0 Å². The third-order valence-corrected chi connectivity index (χ3v) is 5.82. The summed E-state index contributed by atoms with van der Waals surface area (Å²) >= 11 is 0. The lowest BCUT2D eigenvalue weighted by Crippen LogP contribution is -2.37. The van der Waals surface area contributed by atoms with Crippen molar-refractivity contribution in [2.24, 2.45) is 0 Å². The molecule has 3 aromatic heterocycles. The maximum Gasteiger partial charge on any atom is 0.233 e. The Morgan fingerprint density at radius 2 is 2.00 bits per heavy atom. The maximum absolute atomic E-state index is 6.05. The maximum atomic E-state index is 6.05. The van der Waals surface area contributed by atoms with E-state index < -0.39 is 0 Å². The van der Waals surface area contributed by atoms with Gasteiger partial charge in [-0.05, 0) is 50.4 Å². The van der Waals surface area contributed by atoms with Crippen LogP contribution in [0.25, 0.3) is 33.5 Å². The SMILES string of the molecule is c1cc(-c2ccc3[nH]nc(-c4cncc(O[C@@H]5CCCNC5)n4)c3c2)nc(NC2CC2)n1. The molecule has 0 unspecified atom stereocenters. The fraction of sp³-hybridized carbons (Fsp3) is 0.348. The van der Waals surface area contributed by atoms with Crippen LogP contribution in [0.2, 0.25) is 0 Å². The molecule has 1 aliphatic carbocycles. The molecule has 0 amide bonds. The number of aromatic amines is 1. The van der Waals surface area contributed by atoms with Gasteiger partial charge in [-0.2, -0.15) is 5.10 Å². The van der Waals surface area contributed by atoms with E-state index in [1.807, 2.05) is 18.2 Å². The molecule has 32 heavy (non-hydrogen) atoms. The van der Waals surface area contributed by atoms with Crippen molar-refractivity contribution in [3.05, 3.63) is 42.9 Å². The minimum atomic E-state index is 0.118. The van der Waals surface area contributed by atoms with Gasteiger partial charge in [0.05, 0.1) is 23.6 Å². The van der Waals surface area contributed by atoms with Gasteiger partial charge in [0.2, 0.25) is 11.8 Å². The van der Waals surface area contributed by atoms with E-state index in [9.17, 15) is 0 Å². The quantitative estimate of drug-likeness (QED) is 0.429. The summed E-state index contributed by atoms with van der Waals surface area (Å²) in [6.07, 6.45) is 9.77. The van der Waals surface area contributed by atoms with Crippen LogP contribution in [0.1, 0.15) is 25.7 Å². The summed E-state index contributed by atoms with van der Waals surface area (Å²) in [6.45, 7) is 1.87. The average Bonchev–Trinajstić information content (AvgIpc) is 3.55. The number of benzene rings is 1. The smallest absolute Gasteiger partial charge is 0.233 e. The summed E-state index contributed by atoms with van der Waals surface area (Å²) in [5.41, 5.74) is 4.21. The predicted octanol–water partition coefficient (Wildman–Crippen LogP) is 3.18. The number of H-pyrrole nitrogens is 1. The van der Waals surface area contributed by atoms with Gasteiger partial charge in [-0.15, -0.1) is 0 Å². The molecular formula is C23H24N8O. The Labute approximate surface area is 185 Å². The van der Waals surface area contributed by atoms with Gasteiger partial charge in [-0.1, -0.05) is 6.07 Å². The molecule has 0 bridgehead atoms. The summed E-state index contributed by atoms with van der Waals surface area (Å²) in [4.78, 5) is 18.1. The van der Waals surface area contributed by atoms with Gasteiger partial charge in [-0.25, -0.2) is 15.0 Å². The summed E-state index contributed by atoms with van der Waals surface area (Å²) in [5.74, 6) is 1.19. The molecule has 9 nitrogen and oxygen atoms in total. The van der Waals surface area contributed by atoms with Gasteiger partial charge >= 0.3 is 0 Å². The Bertz CT molecular complexity index is 1250. The number of aromatic nitrogens is 6. The first kappa shape index (κ1) is 19.1. The molecular weight excluding hydrogens is 404 g/mol. The van der Waals surface area contributed by atoms with Crippen LogP contribution in [0.5, 0.6) is 5.88 Å². The average molecular weight is 429 g/mol. The minimum absolute atomic E-state index is 0.118. The molecule has 4 aromatic rings. The number of piperidine rings is 1. The van der Waals surface area contributed by atoms with E-state index in [1.165, 1.54) is 12.8 Å². The molecule has 162 valence electrons. The zero-order valence-electron chi connectivity index (χ0n) is 17.6. The summed E-state index contributed by atoms with van der Waals surface area (Å²) in [6, 6.07) is 8.56. The van der Waals surface area contributed by atoms with Crippen molar-refractivity contribution in [1.82, 2.24) is 35.5 Å². The van der Waals surface area contributed by atoms with E-state index in [2.05, 4.69) is 46.8 Å². The Hall–Kier alpha value is -3.59. The highest BCUT2D eigenvalue weighted by atomic mass is 16.5. The van der Waals surface area contributed by atoms with Gasteiger partial charge in [-0.3, -0.25) is 10.1 Å². The lowest BCUT2D eigenvalue weighted by molar-refractivity contribution is 0.160. The third-order valence-electron chi connectivity index (χ3n) is 5.82. The largest absolute Gasteiger partial charge is 0.472 e. The molecule has 1 aromatic carbocycles. The second-order valence-electron chi connectivity index (χ2n) is 8.35. The zero-order chi connectivity index (χ0) is 21.3. The van der Waals surface area contributed by atoms with Crippen molar-refractivity contribution in [1.29, 1.82) is 0 Å². The summed E-state index contributed by atoms with van der Waals surface area (Å²) < 4.78 is 6.05. The molecule has 1 saturated heterocycles. The number of hydrogen-bond donors (Lipinski definition) is 3. The number of nitrogens with one attached hydrogen (secondary N) is 3. The number of fused-ring (bicyclic) bond motifs is 1. The van der Waals surface area contributed by atoms with Crippen molar-refractivity contribution >= 4 is 16.9 Å². The second-order valence-corrected chi connectivity index (χ2v) is 8.35. The highest BCUT2D eigenvalue weighted by Gasteiger charge is 2.22. The predicted molar refractivity (Wildman–Crippen MR) is 121 cm³/mol. The first-order valence-electron chi connectivity index (χ1n) is 11.1. The topological polar surface area (TPSA) is 114 Å². The van der Waals surface area contributed by atoms with E-state index >= 15 is 0 Å². The molecule has 1 aliphatic heterocycles. The molecule has 0 spiro atoms. The van der Waals surface area contributed by atoms with Crippen LogP contribution < -0.4 is 15.4 Å². The Kier molecular flexibility index (Phi) is 4.87. The molecule has 2 aliphatic rings. The van der Waals surface area contributed by atoms with Crippen LogP contribution in [0.4, 0.5) is 5.95 Å². The van der Waals surface area contributed by atoms with Crippen LogP contribution in [-0.2, 0) is 0 Å². The number of hydrogen-bond acceptors (Lipinski definition) is 8. The van der Waals surface area contributed by atoms with Gasteiger partial charge in [0.1, 0.15) is 17.5 Å². The monoisotopic (exact) mass is 428 g/mol. The van der Waals surface area contributed by atoms with Crippen LogP contribution in [-0.4, -0.2) is 55.4 Å². The van der Waals surface area contributed by atoms with Crippen LogP contribution in [0.3, 0.4) is 0 Å². The fourth-order valence-corrected chi connectivity index (χ4v) is 3.98. The van der Waals surface area contributed by atoms with E-state index in [0.29, 0.717) is 23.6 Å². The highest BCUT2D eigenvalue weighted by Crippen LogP contribution is 2.30. The van der Waals surface area contributed by atoms with Gasteiger partial charge in [0.25, 0.3) is 0 Å². The van der Waals surface area contributed by atoms with Crippen molar-refractivity contribution in [2.45, 2.75) is 37.8 Å². The van der Waals surface area contributed by atoms with E-state index in [4.69, 9.17) is 4.74 Å². The standard InChI is InChI=1S/C23H24N8O/c1-2-16(11-24-8-1)32-21-13-25-12-20(28-21)22-17-10-14(3-6-19(17)30-31-22)18-7-9-26-23(29-18)27-15-4-5-15/h3,6-7,9-10,12-13,15-16,24H,1-2,4-5,8,11H2,(H,30,31)(H,26,27,29)/t16-/m1/s1. The number of rotatable bonds is 6. The molecule has 4 heterocycles. The second kappa shape index (κ2) is 8.16. The fourth-order valence-electron chi connectivity index (χ4n) is 3.98. The first-order chi connectivity index (χ1) is 15.8. The molecule has 3 N–H and O–H groups in total. The highest BCUT2D eigenvalue weighted by molar-refractivity contribution is 5.94. The van der Waals surface area contributed by atoms with E-state index in [0.717, 1.165) is 53.8 Å². The molecule has 0 radical (unpaired) electrons.